The maximum absolute atomic E-state index is 13.6. The Morgan fingerprint density at radius 2 is 1.62 bits per heavy atom. The van der Waals surface area contributed by atoms with Crippen molar-refractivity contribution in [1.29, 1.82) is 0 Å². The van der Waals surface area contributed by atoms with Crippen LogP contribution in [0, 0.1) is 11.6 Å². The fourth-order valence-corrected chi connectivity index (χ4v) is 2.77. The Balaban J connectivity index is 1.74. The Morgan fingerprint density at radius 1 is 1.00 bits per heavy atom. The minimum atomic E-state index is -0.896. The standard InChI is InChI=1S/C18H18F2O/c19-16-5-2-6-17(20)15(16)11-18(21)14-9-7-13(8-10-14)12-3-1-4-12/h2,5-10,12,18,21H,1,3-4,11H2. The van der Waals surface area contributed by atoms with Crippen molar-refractivity contribution in [1.82, 2.24) is 0 Å². The van der Waals surface area contributed by atoms with Crippen molar-refractivity contribution in [2.24, 2.45) is 0 Å². The highest BCUT2D eigenvalue weighted by Gasteiger charge is 2.20. The first-order valence-corrected chi connectivity index (χ1v) is 7.36. The third-order valence-corrected chi connectivity index (χ3v) is 4.36. The number of rotatable bonds is 4. The Labute approximate surface area is 123 Å². The summed E-state index contributed by atoms with van der Waals surface area (Å²) in [5.41, 5.74) is 1.92. The van der Waals surface area contributed by atoms with Crippen LogP contribution in [0.5, 0.6) is 0 Å². The lowest BCUT2D eigenvalue weighted by molar-refractivity contribution is 0.175. The van der Waals surface area contributed by atoms with E-state index in [1.54, 1.807) is 0 Å². The van der Waals surface area contributed by atoms with Gasteiger partial charge in [-0.3, -0.25) is 0 Å². The van der Waals surface area contributed by atoms with E-state index in [2.05, 4.69) is 0 Å². The number of aliphatic hydroxyl groups is 1. The fraction of sp³-hybridized carbons (Fsp3) is 0.333. The average Bonchev–Trinajstić information content (AvgIpc) is 2.42. The third kappa shape index (κ3) is 2.98. The van der Waals surface area contributed by atoms with E-state index in [1.807, 2.05) is 24.3 Å². The summed E-state index contributed by atoms with van der Waals surface area (Å²) in [7, 11) is 0. The van der Waals surface area contributed by atoms with Gasteiger partial charge in [-0.25, -0.2) is 8.78 Å². The molecule has 110 valence electrons. The topological polar surface area (TPSA) is 20.2 Å². The molecule has 1 fully saturated rings. The second kappa shape index (κ2) is 5.94. The van der Waals surface area contributed by atoms with E-state index in [0.717, 1.165) is 0 Å². The van der Waals surface area contributed by atoms with E-state index in [0.29, 0.717) is 11.5 Å². The molecule has 0 aromatic heterocycles. The normalized spacial score (nSPS) is 16.5. The lowest BCUT2D eigenvalue weighted by Crippen LogP contribution is -2.09. The number of hydrogen-bond acceptors (Lipinski definition) is 1. The van der Waals surface area contributed by atoms with E-state index in [4.69, 9.17) is 0 Å². The van der Waals surface area contributed by atoms with E-state index < -0.39 is 17.7 Å². The summed E-state index contributed by atoms with van der Waals surface area (Å²) in [5.74, 6) is -0.583. The second-order valence-electron chi connectivity index (χ2n) is 5.71. The highest BCUT2D eigenvalue weighted by Crippen LogP contribution is 2.36. The molecule has 3 heteroatoms. The van der Waals surface area contributed by atoms with Gasteiger partial charge in [0.25, 0.3) is 0 Å². The van der Waals surface area contributed by atoms with Crippen LogP contribution in [0.1, 0.15) is 48.0 Å². The van der Waals surface area contributed by atoms with E-state index in [9.17, 15) is 13.9 Å². The average molecular weight is 288 g/mol. The first-order valence-electron chi connectivity index (χ1n) is 7.36. The molecule has 1 aliphatic rings. The first kappa shape index (κ1) is 14.2. The van der Waals surface area contributed by atoms with Gasteiger partial charge in [0.05, 0.1) is 6.10 Å². The molecule has 1 atom stereocenters. The van der Waals surface area contributed by atoms with Crippen molar-refractivity contribution >= 4 is 0 Å². The maximum Gasteiger partial charge on any atom is 0.129 e. The summed E-state index contributed by atoms with van der Waals surface area (Å²) in [6.45, 7) is 0. The molecule has 0 saturated heterocycles. The molecule has 1 saturated carbocycles. The molecule has 3 rings (SSSR count). The summed E-state index contributed by atoms with van der Waals surface area (Å²) in [5, 5.41) is 10.2. The van der Waals surface area contributed by atoms with Crippen LogP contribution < -0.4 is 0 Å². The molecular formula is C18H18F2O. The minimum Gasteiger partial charge on any atom is -0.388 e. The lowest BCUT2D eigenvalue weighted by Gasteiger charge is -2.26. The van der Waals surface area contributed by atoms with Crippen LogP contribution >= 0.6 is 0 Å². The van der Waals surface area contributed by atoms with Crippen LogP contribution in [-0.4, -0.2) is 5.11 Å². The predicted molar refractivity (Wildman–Crippen MR) is 78.1 cm³/mol. The van der Waals surface area contributed by atoms with Gasteiger partial charge < -0.3 is 5.11 Å². The number of hydrogen-bond donors (Lipinski definition) is 1. The van der Waals surface area contributed by atoms with Gasteiger partial charge in [0.2, 0.25) is 0 Å². The molecule has 1 unspecified atom stereocenters. The Bertz CT molecular complexity index is 597. The van der Waals surface area contributed by atoms with E-state index in [1.165, 1.54) is 43.0 Å². The molecule has 0 heterocycles. The van der Waals surface area contributed by atoms with Gasteiger partial charge >= 0.3 is 0 Å². The predicted octanol–water partition coefficient (Wildman–Crippen LogP) is 4.51. The zero-order chi connectivity index (χ0) is 14.8. The molecule has 1 nitrogen and oxygen atoms in total. The smallest absolute Gasteiger partial charge is 0.129 e. The van der Waals surface area contributed by atoms with Gasteiger partial charge in [0.15, 0.2) is 0 Å². The van der Waals surface area contributed by atoms with Crippen molar-refractivity contribution in [2.75, 3.05) is 0 Å². The molecule has 2 aromatic rings. The third-order valence-electron chi connectivity index (χ3n) is 4.36. The van der Waals surface area contributed by atoms with Crippen LogP contribution in [0.3, 0.4) is 0 Å². The quantitative estimate of drug-likeness (QED) is 0.877. The molecule has 21 heavy (non-hydrogen) atoms. The molecule has 0 radical (unpaired) electrons. The van der Waals surface area contributed by atoms with Crippen molar-refractivity contribution in [3.8, 4) is 0 Å². The highest BCUT2D eigenvalue weighted by atomic mass is 19.1. The number of halogens is 2. The molecule has 2 aromatic carbocycles. The van der Waals surface area contributed by atoms with Crippen molar-refractivity contribution in [2.45, 2.75) is 37.7 Å². The van der Waals surface area contributed by atoms with Gasteiger partial charge in [-0.2, -0.15) is 0 Å². The molecule has 1 N–H and O–H groups in total. The Morgan fingerprint density at radius 3 is 2.14 bits per heavy atom. The van der Waals surface area contributed by atoms with Crippen LogP contribution in [0.15, 0.2) is 42.5 Å². The summed E-state index contributed by atoms with van der Waals surface area (Å²) < 4.78 is 27.2. The fourth-order valence-electron chi connectivity index (χ4n) is 2.77. The van der Waals surface area contributed by atoms with Crippen LogP contribution in [-0.2, 0) is 6.42 Å². The van der Waals surface area contributed by atoms with Gasteiger partial charge in [0, 0.05) is 12.0 Å². The number of benzene rings is 2. The van der Waals surface area contributed by atoms with E-state index >= 15 is 0 Å². The summed E-state index contributed by atoms with van der Waals surface area (Å²) in [6.07, 6.45) is 2.78. The Kier molecular flexibility index (Phi) is 4.02. The zero-order valence-electron chi connectivity index (χ0n) is 11.7. The highest BCUT2D eigenvalue weighted by molar-refractivity contribution is 5.29. The summed E-state index contributed by atoms with van der Waals surface area (Å²) in [4.78, 5) is 0. The van der Waals surface area contributed by atoms with E-state index in [-0.39, 0.29) is 12.0 Å². The first-order chi connectivity index (χ1) is 10.1. The summed E-state index contributed by atoms with van der Waals surface area (Å²) >= 11 is 0. The zero-order valence-corrected chi connectivity index (χ0v) is 11.7. The van der Waals surface area contributed by atoms with Gasteiger partial charge in [0.1, 0.15) is 11.6 Å². The lowest BCUT2D eigenvalue weighted by atomic mass is 9.80. The van der Waals surface area contributed by atoms with Crippen LogP contribution in [0.25, 0.3) is 0 Å². The molecule has 0 spiro atoms. The van der Waals surface area contributed by atoms with Crippen LogP contribution in [0.4, 0.5) is 8.78 Å². The van der Waals surface area contributed by atoms with Crippen molar-refractivity contribution in [3.05, 3.63) is 70.8 Å². The maximum atomic E-state index is 13.6. The SMILES string of the molecule is OC(Cc1c(F)cccc1F)c1ccc(C2CCC2)cc1. The molecule has 0 amide bonds. The second-order valence-corrected chi connectivity index (χ2v) is 5.71. The van der Waals surface area contributed by atoms with Gasteiger partial charge in [-0.15, -0.1) is 0 Å². The monoisotopic (exact) mass is 288 g/mol. The molecule has 1 aliphatic carbocycles. The molecule has 0 aliphatic heterocycles. The largest absolute Gasteiger partial charge is 0.388 e. The Hall–Kier alpha value is -1.74. The minimum absolute atomic E-state index is 0.0543. The molecule has 0 bridgehead atoms. The summed E-state index contributed by atoms with van der Waals surface area (Å²) in [6, 6.07) is 11.5. The van der Waals surface area contributed by atoms with Gasteiger partial charge in [-0.1, -0.05) is 36.8 Å². The molecular weight excluding hydrogens is 270 g/mol. The van der Waals surface area contributed by atoms with Crippen molar-refractivity contribution in [3.63, 3.8) is 0 Å². The van der Waals surface area contributed by atoms with Gasteiger partial charge in [-0.05, 0) is 42.0 Å². The van der Waals surface area contributed by atoms with Crippen LogP contribution in [0.2, 0.25) is 0 Å². The number of aliphatic hydroxyl groups excluding tert-OH is 1. The van der Waals surface area contributed by atoms with Crippen molar-refractivity contribution < 1.29 is 13.9 Å².